The first kappa shape index (κ1) is 21.0. The van der Waals surface area contributed by atoms with Crippen molar-refractivity contribution in [3.05, 3.63) is 53.1 Å². The lowest BCUT2D eigenvalue weighted by Crippen LogP contribution is -2.50. The average molecular weight is 400 g/mol. The molecule has 29 heavy (non-hydrogen) atoms. The molecular formula is C22H29FN4O2. The molecule has 2 aromatic rings. The highest BCUT2D eigenvalue weighted by atomic mass is 19.1. The summed E-state index contributed by atoms with van der Waals surface area (Å²) in [7, 11) is 0. The number of halogens is 1. The van der Waals surface area contributed by atoms with Crippen molar-refractivity contribution in [1.29, 1.82) is 0 Å². The highest BCUT2D eigenvalue weighted by molar-refractivity contribution is 5.96. The summed E-state index contributed by atoms with van der Waals surface area (Å²) < 4.78 is 15.4. The SMILES string of the molecule is Cc1cc(C(=O)N2CCN(CC(=O)Nc3cccc(F)c3)CC2)c(C)n1C(C)C. The zero-order valence-corrected chi connectivity index (χ0v) is 17.5. The lowest BCUT2D eigenvalue weighted by molar-refractivity contribution is -0.117. The summed E-state index contributed by atoms with van der Waals surface area (Å²) in [5.74, 6) is -0.517. The summed E-state index contributed by atoms with van der Waals surface area (Å²) >= 11 is 0. The number of benzene rings is 1. The number of anilines is 1. The van der Waals surface area contributed by atoms with Gasteiger partial charge < -0.3 is 14.8 Å². The topological polar surface area (TPSA) is 57.6 Å². The van der Waals surface area contributed by atoms with E-state index in [9.17, 15) is 14.0 Å². The minimum absolute atomic E-state index is 0.0499. The molecule has 1 N–H and O–H groups in total. The monoisotopic (exact) mass is 400 g/mol. The summed E-state index contributed by atoms with van der Waals surface area (Å²) in [6.07, 6.45) is 0. The van der Waals surface area contributed by atoms with E-state index in [1.807, 2.05) is 29.7 Å². The number of piperazine rings is 1. The molecule has 2 amide bonds. The highest BCUT2D eigenvalue weighted by Gasteiger charge is 2.26. The third-order valence-electron chi connectivity index (χ3n) is 5.37. The van der Waals surface area contributed by atoms with Crippen molar-refractivity contribution in [2.45, 2.75) is 33.7 Å². The van der Waals surface area contributed by atoms with E-state index in [1.165, 1.54) is 12.1 Å². The van der Waals surface area contributed by atoms with Crippen LogP contribution in [-0.2, 0) is 4.79 Å². The molecule has 0 unspecified atom stereocenters. The van der Waals surface area contributed by atoms with Crippen molar-refractivity contribution in [1.82, 2.24) is 14.4 Å². The molecule has 1 fully saturated rings. The van der Waals surface area contributed by atoms with Crippen molar-refractivity contribution in [2.24, 2.45) is 0 Å². The first-order chi connectivity index (χ1) is 13.8. The summed E-state index contributed by atoms with van der Waals surface area (Å²) in [5.41, 5.74) is 3.30. The van der Waals surface area contributed by atoms with Crippen molar-refractivity contribution < 1.29 is 14.0 Å². The number of aryl methyl sites for hydroxylation is 1. The number of hydrogen-bond acceptors (Lipinski definition) is 3. The fourth-order valence-corrected chi connectivity index (χ4v) is 4.04. The van der Waals surface area contributed by atoms with Crippen molar-refractivity contribution >= 4 is 17.5 Å². The number of nitrogens with one attached hydrogen (secondary N) is 1. The van der Waals surface area contributed by atoms with Gasteiger partial charge in [0.2, 0.25) is 5.91 Å². The van der Waals surface area contributed by atoms with E-state index in [0.29, 0.717) is 37.9 Å². The number of nitrogens with zero attached hydrogens (tertiary/aromatic N) is 3. The fraction of sp³-hybridized carbons (Fsp3) is 0.455. The Balaban J connectivity index is 1.54. The Morgan fingerprint density at radius 3 is 2.38 bits per heavy atom. The van der Waals surface area contributed by atoms with Crippen LogP contribution >= 0.6 is 0 Å². The van der Waals surface area contributed by atoms with Crippen molar-refractivity contribution in [3.8, 4) is 0 Å². The second-order valence-electron chi connectivity index (χ2n) is 7.88. The summed E-state index contributed by atoms with van der Waals surface area (Å²) in [6, 6.07) is 8.13. The molecule has 1 aliphatic heterocycles. The van der Waals surface area contributed by atoms with E-state index in [-0.39, 0.29) is 24.2 Å². The Bertz CT molecular complexity index is 898. The first-order valence-corrected chi connectivity index (χ1v) is 10.0. The quantitative estimate of drug-likeness (QED) is 0.838. The normalized spacial score (nSPS) is 15.0. The average Bonchev–Trinajstić information content (AvgIpc) is 2.96. The molecule has 0 saturated carbocycles. The third kappa shape index (κ3) is 4.85. The van der Waals surface area contributed by atoms with Gasteiger partial charge in [-0.2, -0.15) is 0 Å². The minimum atomic E-state index is -0.383. The molecule has 0 spiro atoms. The van der Waals surface area contributed by atoms with E-state index in [4.69, 9.17) is 0 Å². The summed E-state index contributed by atoms with van der Waals surface area (Å²) in [5, 5.41) is 2.71. The molecule has 156 valence electrons. The predicted molar refractivity (Wildman–Crippen MR) is 112 cm³/mol. The van der Waals surface area contributed by atoms with Crippen LogP contribution in [-0.4, -0.2) is 58.9 Å². The van der Waals surface area contributed by atoms with Gasteiger partial charge in [0.1, 0.15) is 5.82 Å². The maximum Gasteiger partial charge on any atom is 0.255 e. The van der Waals surface area contributed by atoms with E-state index in [2.05, 4.69) is 23.7 Å². The molecule has 0 bridgehead atoms. The van der Waals surface area contributed by atoms with E-state index < -0.39 is 0 Å². The maximum atomic E-state index is 13.2. The van der Waals surface area contributed by atoms with Gasteiger partial charge in [0, 0.05) is 49.3 Å². The van der Waals surface area contributed by atoms with Crippen LogP contribution in [0.3, 0.4) is 0 Å². The molecule has 0 aliphatic carbocycles. The second kappa shape index (κ2) is 8.78. The van der Waals surface area contributed by atoms with Crippen LogP contribution in [0.5, 0.6) is 0 Å². The fourth-order valence-electron chi connectivity index (χ4n) is 4.04. The van der Waals surface area contributed by atoms with Crippen LogP contribution in [0.1, 0.15) is 41.6 Å². The molecule has 6 nitrogen and oxygen atoms in total. The smallest absolute Gasteiger partial charge is 0.255 e. The number of amides is 2. The third-order valence-corrected chi connectivity index (χ3v) is 5.37. The molecule has 7 heteroatoms. The highest BCUT2D eigenvalue weighted by Crippen LogP contribution is 2.22. The van der Waals surface area contributed by atoms with E-state index in [0.717, 1.165) is 17.0 Å². The number of aromatic nitrogens is 1. The number of hydrogen-bond donors (Lipinski definition) is 1. The maximum absolute atomic E-state index is 13.2. The van der Waals surface area contributed by atoms with Gasteiger partial charge in [0.05, 0.1) is 12.1 Å². The standard InChI is InChI=1S/C22H29FN4O2/c1-15(2)27-16(3)12-20(17(27)4)22(29)26-10-8-25(9-11-26)14-21(28)24-19-7-5-6-18(23)13-19/h5-7,12-13,15H,8-11,14H2,1-4H3,(H,24,28). The molecule has 1 saturated heterocycles. The van der Waals surface area contributed by atoms with Crippen molar-refractivity contribution in [3.63, 3.8) is 0 Å². The summed E-state index contributed by atoms with van der Waals surface area (Å²) in [4.78, 5) is 29.1. The van der Waals surface area contributed by atoms with Gasteiger partial charge in [-0.3, -0.25) is 14.5 Å². The van der Waals surface area contributed by atoms with Crippen LogP contribution in [0.25, 0.3) is 0 Å². The summed E-state index contributed by atoms with van der Waals surface area (Å²) in [6.45, 7) is 10.9. The Kier molecular flexibility index (Phi) is 6.37. The lowest BCUT2D eigenvalue weighted by Gasteiger charge is -2.34. The van der Waals surface area contributed by atoms with Gasteiger partial charge in [0.25, 0.3) is 5.91 Å². The van der Waals surface area contributed by atoms with Crippen LogP contribution in [0.4, 0.5) is 10.1 Å². The van der Waals surface area contributed by atoms with Gasteiger partial charge in [-0.25, -0.2) is 4.39 Å². The molecule has 1 aliphatic rings. The largest absolute Gasteiger partial charge is 0.346 e. The van der Waals surface area contributed by atoms with Gasteiger partial charge >= 0.3 is 0 Å². The first-order valence-electron chi connectivity index (χ1n) is 10.0. The molecule has 3 rings (SSSR count). The van der Waals surface area contributed by atoms with Gasteiger partial charge in [0.15, 0.2) is 0 Å². The van der Waals surface area contributed by atoms with E-state index in [1.54, 1.807) is 12.1 Å². The predicted octanol–water partition coefficient (Wildman–Crippen LogP) is 3.22. The Morgan fingerprint density at radius 2 is 1.79 bits per heavy atom. The zero-order chi connectivity index (χ0) is 21.1. The van der Waals surface area contributed by atoms with Crippen LogP contribution in [0.15, 0.2) is 30.3 Å². The van der Waals surface area contributed by atoms with Crippen LogP contribution in [0, 0.1) is 19.7 Å². The number of rotatable bonds is 5. The molecule has 1 aromatic carbocycles. The molecule has 0 atom stereocenters. The molecule has 2 heterocycles. The molecular weight excluding hydrogens is 371 g/mol. The molecule has 1 aromatic heterocycles. The van der Waals surface area contributed by atoms with Crippen LogP contribution < -0.4 is 5.32 Å². The van der Waals surface area contributed by atoms with Crippen LogP contribution in [0.2, 0.25) is 0 Å². The second-order valence-corrected chi connectivity index (χ2v) is 7.88. The molecule has 0 radical (unpaired) electrons. The van der Waals surface area contributed by atoms with Gasteiger partial charge in [-0.1, -0.05) is 6.07 Å². The number of carbonyl (C=O) groups is 2. The van der Waals surface area contributed by atoms with Gasteiger partial charge in [-0.15, -0.1) is 0 Å². The zero-order valence-electron chi connectivity index (χ0n) is 17.5. The minimum Gasteiger partial charge on any atom is -0.346 e. The Morgan fingerprint density at radius 1 is 1.10 bits per heavy atom. The van der Waals surface area contributed by atoms with Gasteiger partial charge in [-0.05, 0) is 52.0 Å². The lowest BCUT2D eigenvalue weighted by atomic mass is 10.2. The Hall–Kier alpha value is -2.67. The van der Waals surface area contributed by atoms with E-state index >= 15 is 0 Å². The Labute approximate surface area is 171 Å². The number of carbonyl (C=O) groups excluding carboxylic acids is 2. The van der Waals surface area contributed by atoms with Crippen molar-refractivity contribution in [2.75, 3.05) is 38.0 Å².